The van der Waals surface area contributed by atoms with Gasteiger partial charge in [0.05, 0.1) is 11.7 Å². The van der Waals surface area contributed by atoms with Crippen LogP contribution in [-0.2, 0) is 9.47 Å². The molecule has 0 radical (unpaired) electrons. The summed E-state index contributed by atoms with van der Waals surface area (Å²) in [4.78, 5) is 0. The third-order valence-electron chi connectivity index (χ3n) is 2.65. The van der Waals surface area contributed by atoms with Crippen LogP contribution in [-0.4, -0.2) is 47.5 Å². The molecule has 0 N–H and O–H groups in total. The predicted octanol–water partition coefficient (Wildman–Crippen LogP) is 3.01. The molecular weight excluding hydrogens is 230 g/mol. The molecule has 0 aromatic heterocycles. The van der Waals surface area contributed by atoms with E-state index in [1.807, 2.05) is 0 Å². The van der Waals surface area contributed by atoms with Gasteiger partial charge in [-0.25, -0.2) is 0 Å². The Bertz CT molecular complexity index is 158. The van der Waals surface area contributed by atoms with E-state index in [0.29, 0.717) is 29.4 Å². The van der Waals surface area contributed by atoms with Gasteiger partial charge in [-0.15, -0.1) is 0 Å². The molecule has 0 spiro atoms. The van der Waals surface area contributed by atoms with E-state index in [1.54, 1.807) is 0 Å². The van der Waals surface area contributed by atoms with Crippen molar-refractivity contribution in [2.24, 2.45) is 17.8 Å². The molecule has 0 bridgehead atoms. The number of rotatable bonds is 3. The van der Waals surface area contributed by atoms with Crippen molar-refractivity contribution in [3.05, 3.63) is 0 Å². The zero-order chi connectivity index (χ0) is 11.6. The molecule has 0 amide bonds. The first-order valence-corrected chi connectivity index (χ1v) is 7.14. The summed E-state index contributed by atoms with van der Waals surface area (Å²) < 4.78 is 12.0. The molecule has 1 heterocycles. The van der Waals surface area contributed by atoms with E-state index in [2.05, 4.69) is 41.5 Å². The molecule has 1 rings (SSSR count). The molecule has 1 fully saturated rings. The van der Waals surface area contributed by atoms with E-state index in [0.717, 1.165) is 8.58 Å². The van der Waals surface area contributed by atoms with Gasteiger partial charge in [-0.3, -0.25) is 0 Å². The standard InChI is InChI=1S/C12H25O2P.Na.H/c1-7(2)10-13-11(8(3)4)15-12(14-10)9(5)6;;/h7-12,15H,1-6H3;;. The SMILES string of the molecule is CC(C)C1OC(C(C)C)PC(C(C)C)O1.[NaH]. The summed E-state index contributed by atoms with van der Waals surface area (Å²) in [6.07, 6.45) is -0.00829. The van der Waals surface area contributed by atoms with E-state index >= 15 is 0 Å². The predicted molar refractivity (Wildman–Crippen MR) is 73.5 cm³/mol. The summed E-state index contributed by atoms with van der Waals surface area (Å²) in [5.41, 5.74) is 0. The molecule has 0 aromatic rings. The third kappa shape index (κ3) is 4.92. The Kier molecular flexibility index (Phi) is 8.36. The number of ether oxygens (including phenoxy) is 2. The van der Waals surface area contributed by atoms with Crippen molar-refractivity contribution in [3.63, 3.8) is 0 Å². The van der Waals surface area contributed by atoms with Crippen molar-refractivity contribution in [2.45, 2.75) is 59.5 Å². The molecule has 0 saturated carbocycles. The number of hydrogen-bond acceptors (Lipinski definition) is 2. The van der Waals surface area contributed by atoms with E-state index in [1.165, 1.54) is 0 Å². The van der Waals surface area contributed by atoms with Gasteiger partial charge < -0.3 is 9.47 Å². The van der Waals surface area contributed by atoms with Crippen LogP contribution in [0.4, 0.5) is 0 Å². The van der Waals surface area contributed by atoms with Crippen LogP contribution in [0.25, 0.3) is 0 Å². The van der Waals surface area contributed by atoms with E-state index in [9.17, 15) is 0 Å². The molecular formula is C12H26NaO2P. The molecule has 4 heteroatoms. The van der Waals surface area contributed by atoms with Crippen LogP contribution in [0.1, 0.15) is 41.5 Å². The average Bonchev–Trinajstić information content (AvgIpc) is 2.16. The van der Waals surface area contributed by atoms with Gasteiger partial charge in [0.15, 0.2) is 6.29 Å². The van der Waals surface area contributed by atoms with Crippen LogP contribution in [0.3, 0.4) is 0 Å². The van der Waals surface area contributed by atoms with Crippen LogP contribution in [0.15, 0.2) is 0 Å². The number of hydrogen-bond donors (Lipinski definition) is 0. The summed E-state index contributed by atoms with van der Waals surface area (Å²) in [5.74, 6) is 2.40. The first-order chi connectivity index (χ1) is 6.91. The Morgan fingerprint density at radius 3 is 1.38 bits per heavy atom. The molecule has 0 aliphatic carbocycles. The fourth-order valence-electron chi connectivity index (χ4n) is 1.57. The first-order valence-electron chi connectivity index (χ1n) is 5.98. The Morgan fingerprint density at radius 1 is 0.750 bits per heavy atom. The monoisotopic (exact) mass is 256 g/mol. The van der Waals surface area contributed by atoms with Gasteiger partial charge in [-0.05, 0) is 11.8 Å². The maximum atomic E-state index is 5.98. The zero-order valence-corrected chi connectivity index (χ0v) is 11.8. The Labute approximate surface area is 124 Å². The Balaban J connectivity index is 0.00000225. The molecule has 2 nitrogen and oxygen atoms in total. The zero-order valence-electron chi connectivity index (χ0n) is 10.8. The summed E-state index contributed by atoms with van der Waals surface area (Å²) in [7, 11) is 0.779. The summed E-state index contributed by atoms with van der Waals surface area (Å²) in [6.45, 7) is 13.3. The van der Waals surface area contributed by atoms with Gasteiger partial charge >= 0.3 is 29.6 Å². The van der Waals surface area contributed by atoms with Crippen molar-refractivity contribution in [3.8, 4) is 0 Å². The molecule has 0 aromatic carbocycles. The van der Waals surface area contributed by atoms with Crippen molar-refractivity contribution >= 4 is 38.1 Å². The van der Waals surface area contributed by atoms with Crippen molar-refractivity contribution in [1.82, 2.24) is 0 Å². The quantitative estimate of drug-likeness (QED) is 0.571. The molecule has 1 aliphatic heterocycles. The minimum atomic E-state index is -0.00829. The van der Waals surface area contributed by atoms with Gasteiger partial charge in [0.1, 0.15) is 0 Å². The van der Waals surface area contributed by atoms with Gasteiger partial charge in [-0.1, -0.05) is 50.1 Å². The van der Waals surface area contributed by atoms with Gasteiger partial charge in [0.2, 0.25) is 0 Å². The third-order valence-corrected chi connectivity index (χ3v) is 4.91. The second kappa shape index (κ2) is 7.71. The maximum absolute atomic E-state index is 5.98. The van der Waals surface area contributed by atoms with Gasteiger partial charge in [0, 0.05) is 5.92 Å². The van der Waals surface area contributed by atoms with Crippen LogP contribution < -0.4 is 0 Å². The second-order valence-corrected chi connectivity index (χ2v) is 6.85. The van der Waals surface area contributed by atoms with Crippen LogP contribution in [0.5, 0.6) is 0 Å². The molecule has 2 unspecified atom stereocenters. The van der Waals surface area contributed by atoms with Gasteiger partial charge in [0.25, 0.3) is 0 Å². The summed E-state index contributed by atoms with van der Waals surface area (Å²) >= 11 is 0. The topological polar surface area (TPSA) is 18.5 Å². The fraction of sp³-hybridized carbons (Fsp3) is 1.00. The van der Waals surface area contributed by atoms with Crippen LogP contribution in [0.2, 0.25) is 0 Å². The molecule has 92 valence electrons. The minimum absolute atomic E-state index is 0. The van der Waals surface area contributed by atoms with E-state index in [4.69, 9.17) is 9.47 Å². The Hall–Kier alpha value is 1.35. The second-order valence-electron chi connectivity index (χ2n) is 5.38. The summed E-state index contributed by atoms with van der Waals surface area (Å²) in [6, 6.07) is 0. The molecule has 2 atom stereocenters. The van der Waals surface area contributed by atoms with Gasteiger partial charge in [-0.2, -0.15) is 0 Å². The normalized spacial score (nSPS) is 32.4. The summed E-state index contributed by atoms with van der Waals surface area (Å²) in [5, 5.41) is 0. The van der Waals surface area contributed by atoms with Crippen LogP contribution >= 0.6 is 8.58 Å². The first kappa shape index (κ1) is 17.4. The Morgan fingerprint density at radius 2 is 1.12 bits per heavy atom. The van der Waals surface area contributed by atoms with Crippen LogP contribution in [0, 0.1) is 17.8 Å². The molecule has 16 heavy (non-hydrogen) atoms. The van der Waals surface area contributed by atoms with E-state index in [-0.39, 0.29) is 35.8 Å². The van der Waals surface area contributed by atoms with E-state index < -0.39 is 0 Å². The van der Waals surface area contributed by atoms with Crippen molar-refractivity contribution in [1.29, 1.82) is 0 Å². The fourth-order valence-corrected chi connectivity index (χ4v) is 3.09. The van der Waals surface area contributed by atoms with Crippen molar-refractivity contribution in [2.75, 3.05) is 0 Å². The molecule has 1 saturated heterocycles. The van der Waals surface area contributed by atoms with Crippen molar-refractivity contribution < 1.29 is 9.47 Å². The average molecular weight is 256 g/mol. The molecule has 1 aliphatic rings.